The molecule has 84 heavy (non-hydrogen) atoms. The van der Waals surface area contributed by atoms with E-state index in [0.29, 0.717) is 55.8 Å². The number of aryl methyl sites for hydroxylation is 1. The van der Waals surface area contributed by atoms with Crippen LogP contribution in [-0.2, 0) is 23.8 Å². The summed E-state index contributed by atoms with van der Waals surface area (Å²) in [6.07, 6.45) is 9.97. The van der Waals surface area contributed by atoms with Crippen LogP contribution in [0.15, 0.2) is 53.2 Å². The summed E-state index contributed by atoms with van der Waals surface area (Å²) in [7, 11) is 1.43. The first-order valence-corrected chi connectivity index (χ1v) is 29.2. The molecule has 20 nitrogen and oxygen atoms in total. The van der Waals surface area contributed by atoms with Crippen LogP contribution in [0.5, 0.6) is 23.0 Å². The number of phenols is 3. The van der Waals surface area contributed by atoms with E-state index in [1.165, 1.54) is 52.4 Å². The highest BCUT2D eigenvalue weighted by molar-refractivity contribution is 6.23. The molecule has 11 rings (SSSR count). The largest absolute Gasteiger partial charge is 0.507 e. The normalized spacial score (nSPS) is 30.0. The van der Waals surface area contributed by atoms with Crippen LogP contribution in [-0.4, -0.2) is 134 Å². The number of amides is 1. The molecule has 0 radical (unpaired) electrons. The van der Waals surface area contributed by atoms with E-state index in [1.807, 2.05) is 9.80 Å². The van der Waals surface area contributed by atoms with Crippen LogP contribution in [0, 0.1) is 49.3 Å². The van der Waals surface area contributed by atoms with Gasteiger partial charge in [-0.05, 0) is 101 Å². The van der Waals surface area contributed by atoms with Crippen molar-refractivity contribution in [2.45, 2.75) is 155 Å². The number of carboxylic acids is 1. The van der Waals surface area contributed by atoms with E-state index in [2.05, 4.69) is 10.6 Å². The van der Waals surface area contributed by atoms with E-state index < -0.39 is 106 Å². The predicted molar refractivity (Wildman–Crippen MR) is 312 cm³/mol. The van der Waals surface area contributed by atoms with Gasteiger partial charge in [-0.2, -0.15) is 0 Å². The highest BCUT2D eigenvalue weighted by Gasteiger charge is 2.54. The Morgan fingerprint density at radius 3 is 2.15 bits per heavy atom. The third kappa shape index (κ3) is 10.5. The lowest BCUT2D eigenvalue weighted by Crippen LogP contribution is -2.50. The smallest absolute Gasteiger partial charge is 0.341 e. The number of methoxy groups -OCH3 is 1. The number of aliphatic hydroxyl groups excluding tert-OH is 2. The molecule has 452 valence electrons. The van der Waals surface area contributed by atoms with Crippen molar-refractivity contribution in [3.05, 3.63) is 92.4 Å². The third-order valence-electron chi connectivity index (χ3n) is 19.0. The highest BCUT2D eigenvalue weighted by atomic mass is 19.1. The maximum absolute atomic E-state index is 16.3. The number of hydrogen-bond donors (Lipinski definition) is 8. The maximum atomic E-state index is 16.3. The van der Waals surface area contributed by atoms with Crippen LogP contribution in [0.25, 0.3) is 16.3 Å². The number of aromatic nitrogens is 1. The fourth-order valence-corrected chi connectivity index (χ4v) is 13.8. The van der Waals surface area contributed by atoms with Crippen LogP contribution in [0.3, 0.4) is 0 Å². The standard InChI is InChI=1S/C63H78FN5O15/c1-29-12-11-13-30(2)59(77)65-47-50(67-23-17-39(18-24-67)66-63(20-21-63)38-16-22-68(27-38)49-32(4)48-40(37-14-15-37)26-41(61(79)80)60(78)69(48)28-42(49)64)55(75)44-45(54(47)74)53(73)35(7)57-46(44)58(76)62(9,84-57)82-25-19-43(81-10)31(3)56(83-36(8)70)34(6)52(72)33(5)51(29)71/h11-13,19,25-26,28-29,31,33-34,37-39,43,51-52,56,66,71-75H,14-18,20-24,27H2,1-10H3,(H,65,77)(H,79,80)/b12-11+,25-19+,30-13-/t29-,31+,33+,34+,38+,43-,51-,52+,56+,62-/m0/s1. The van der Waals surface area contributed by atoms with Crippen molar-refractivity contribution in [1.29, 1.82) is 0 Å². The van der Waals surface area contributed by atoms with Gasteiger partial charge in [0.25, 0.3) is 17.2 Å². The van der Waals surface area contributed by atoms with Crippen molar-refractivity contribution < 1.29 is 73.2 Å². The lowest BCUT2D eigenvalue weighted by Gasteiger charge is -2.38. The summed E-state index contributed by atoms with van der Waals surface area (Å²) in [5.41, 5.74) is 0.731. The summed E-state index contributed by atoms with van der Waals surface area (Å²) in [4.78, 5) is 70.9. The molecule has 7 aliphatic rings. The van der Waals surface area contributed by atoms with E-state index in [0.717, 1.165) is 48.3 Å². The molecule has 8 N–H and O–H groups in total. The molecule has 0 spiro atoms. The molecule has 4 aromatic rings. The van der Waals surface area contributed by atoms with Gasteiger partial charge in [-0.15, -0.1) is 0 Å². The molecule has 10 atom stereocenters. The Morgan fingerprint density at radius 2 is 1.52 bits per heavy atom. The van der Waals surface area contributed by atoms with Crippen molar-refractivity contribution >= 4 is 57.0 Å². The number of ketones is 1. The van der Waals surface area contributed by atoms with Crippen LogP contribution in [0.2, 0.25) is 0 Å². The number of pyridine rings is 2. The zero-order valence-electron chi connectivity index (χ0n) is 49.2. The zero-order valence-corrected chi connectivity index (χ0v) is 49.2. The van der Waals surface area contributed by atoms with Gasteiger partial charge in [0.2, 0.25) is 0 Å². The molecule has 21 heteroatoms. The summed E-state index contributed by atoms with van der Waals surface area (Å²) in [5, 5.41) is 76.5. The number of nitrogens with zero attached hydrogens (tertiary/aromatic N) is 3. The molecule has 7 heterocycles. The Bertz CT molecular complexity index is 3510. The first-order valence-electron chi connectivity index (χ1n) is 29.2. The first-order chi connectivity index (χ1) is 39.7. The third-order valence-corrected chi connectivity index (χ3v) is 19.0. The number of rotatable bonds is 9. The van der Waals surface area contributed by atoms with Gasteiger partial charge in [0.15, 0.2) is 11.6 Å². The maximum Gasteiger partial charge on any atom is 0.341 e. The summed E-state index contributed by atoms with van der Waals surface area (Å²) >= 11 is 0. The number of hydrogen-bond acceptors (Lipinski definition) is 17. The zero-order chi connectivity index (χ0) is 60.8. The second-order valence-corrected chi connectivity index (χ2v) is 24.6. The van der Waals surface area contributed by atoms with E-state index in [-0.39, 0.29) is 73.6 Å². The average molecular weight is 1160 g/mol. The van der Waals surface area contributed by atoms with E-state index in [1.54, 1.807) is 53.7 Å². The number of piperidine rings is 1. The lowest BCUT2D eigenvalue weighted by molar-refractivity contribution is -0.160. The van der Waals surface area contributed by atoms with Crippen molar-refractivity contribution in [1.82, 2.24) is 9.72 Å². The van der Waals surface area contributed by atoms with Crippen LogP contribution < -0.4 is 30.7 Å². The number of carbonyl (C=O) groups excluding carboxylic acids is 3. The predicted octanol–water partition coefficient (Wildman–Crippen LogP) is 8.01. The Morgan fingerprint density at radius 1 is 0.845 bits per heavy atom. The second kappa shape index (κ2) is 22.7. The van der Waals surface area contributed by atoms with Gasteiger partial charge in [0, 0.05) is 98.9 Å². The Kier molecular flexibility index (Phi) is 16.2. The Labute approximate surface area is 486 Å². The van der Waals surface area contributed by atoms with E-state index in [4.69, 9.17) is 18.9 Å². The van der Waals surface area contributed by atoms with Gasteiger partial charge in [-0.1, -0.05) is 45.9 Å². The quantitative estimate of drug-likeness (QED) is 0.0447. The number of allylic oxidation sites excluding steroid dienone is 2. The fraction of sp³-hybridized carbons (Fsp3) is 0.540. The number of Topliss-reactive ketones (excluding diaryl/α,β-unsaturated/α-hetero) is 1. The molecule has 0 unspecified atom stereocenters. The second-order valence-electron chi connectivity index (χ2n) is 24.6. The number of phenolic OH excluding ortho intramolecular Hbond substituents is 3. The van der Waals surface area contributed by atoms with Gasteiger partial charge < -0.3 is 70.0 Å². The molecular weight excluding hydrogens is 1090 g/mol. The monoisotopic (exact) mass is 1160 g/mol. The van der Waals surface area contributed by atoms with Gasteiger partial charge in [-0.3, -0.25) is 23.6 Å². The van der Waals surface area contributed by atoms with E-state index in [9.17, 15) is 54.6 Å². The van der Waals surface area contributed by atoms with Gasteiger partial charge in [0.1, 0.15) is 40.3 Å². The number of ether oxygens (including phenoxy) is 4. The minimum absolute atomic E-state index is 0.00156. The lowest BCUT2D eigenvalue weighted by atomic mass is 9.78. The molecule has 1 amide bonds. The molecule has 2 saturated heterocycles. The minimum atomic E-state index is -2.10. The first kappa shape index (κ1) is 59.9. The van der Waals surface area contributed by atoms with Crippen LogP contribution >= 0.6 is 0 Å². The van der Waals surface area contributed by atoms with Gasteiger partial charge >= 0.3 is 17.7 Å². The molecule has 4 fully saturated rings. The number of benzene rings is 2. The number of aromatic hydroxyl groups is 3. The average Bonchev–Trinajstić information content (AvgIpc) is 1.44. The van der Waals surface area contributed by atoms with Crippen molar-refractivity contribution in [2.24, 2.45) is 29.6 Å². The Balaban J connectivity index is 0.958. The van der Waals surface area contributed by atoms with Crippen molar-refractivity contribution in [3.8, 4) is 23.0 Å². The van der Waals surface area contributed by atoms with Crippen molar-refractivity contribution in [2.75, 3.05) is 48.4 Å². The number of aliphatic hydroxyl groups is 2. The molecule has 2 saturated carbocycles. The summed E-state index contributed by atoms with van der Waals surface area (Å²) < 4.78 is 41.5. The number of carboxylic acid groups (broad SMARTS) is 1. The topological polar surface area (TPSA) is 279 Å². The molecule has 2 aromatic heterocycles. The number of carbonyl (C=O) groups is 4. The number of aromatic carboxylic acids is 1. The number of anilines is 3. The molecular formula is C63H78FN5O15. The van der Waals surface area contributed by atoms with Gasteiger partial charge in [-0.25, -0.2) is 9.18 Å². The summed E-state index contributed by atoms with van der Waals surface area (Å²) in [6, 6.07) is 1.44. The van der Waals surface area contributed by atoms with E-state index >= 15 is 4.39 Å². The minimum Gasteiger partial charge on any atom is -0.507 e. The molecule has 2 aromatic carbocycles. The number of nitrogens with one attached hydrogen (secondary N) is 2. The number of esters is 1. The van der Waals surface area contributed by atoms with Crippen molar-refractivity contribution in [3.63, 3.8) is 0 Å². The van der Waals surface area contributed by atoms with Crippen LogP contribution in [0.1, 0.15) is 137 Å². The number of fused-ring (bicyclic) bond motifs is 15. The SMILES string of the molecule is CO[C@H]1/C=C/O[C@@]2(C)Oc3c(C)c(O)c4c(O)c(c(N5CCC(NC6([C@@H]7CCN(c8c(F)cn9c(=O)c(C(=O)O)cc(C%10CC%10)c9c8C)C7)CC6)CC5)c(O)c4c3C2=O)NC(=O)/C(C)=C\C=C\[C@H](C)[C@H](O)[C@@H](C)[C@@H](O)[C@@H](C)[C@H](OC(C)=O)[C@@H]1C. The summed E-state index contributed by atoms with van der Waals surface area (Å²) in [6.45, 7) is 16.1. The Hall–Kier alpha value is -7.20. The molecule has 2 aliphatic carbocycles. The summed E-state index contributed by atoms with van der Waals surface area (Å²) in [5.74, 6) is -10.2. The van der Waals surface area contributed by atoms with Crippen LogP contribution in [0.4, 0.5) is 21.5 Å². The molecule has 5 bridgehead atoms. The number of halogens is 1. The highest BCUT2D eigenvalue weighted by Crippen LogP contribution is 2.58. The molecule has 5 aliphatic heterocycles. The van der Waals surface area contributed by atoms with Gasteiger partial charge in [0.05, 0.1) is 52.9 Å². The fourth-order valence-electron chi connectivity index (χ4n) is 13.8.